The summed E-state index contributed by atoms with van der Waals surface area (Å²) < 4.78 is 0. The van der Waals surface area contributed by atoms with E-state index in [1.54, 1.807) is 12.1 Å². The number of carbonyl (C=O) groups is 5. The molecular formula is C19H27N5O7S. The van der Waals surface area contributed by atoms with Gasteiger partial charge in [0.15, 0.2) is 0 Å². The molecule has 13 heteroatoms. The second kappa shape index (κ2) is 12.5. The first-order chi connectivity index (χ1) is 14.9. The molecule has 4 atom stereocenters. The number of carboxylic acid groups (broad SMARTS) is 1. The van der Waals surface area contributed by atoms with Crippen LogP contribution in [0.3, 0.4) is 0 Å². The van der Waals surface area contributed by atoms with Crippen molar-refractivity contribution in [3.63, 3.8) is 0 Å². The van der Waals surface area contributed by atoms with Crippen molar-refractivity contribution in [2.45, 2.75) is 43.9 Å². The zero-order valence-corrected chi connectivity index (χ0v) is 18.2. The maximum absolute atomic E-state index is 12.8. The molecular weight excluding hydrogens is 442 g/mol. The standard InChI is InChI=1S/C19H27N5O7S/c1-9(20)16(27)22-12(6-10-2-4-11(25)5-3-10)17(28)24-14(8-32)18(29)23-13(19(30)31)7-15(21)26/h2-5,9,12-14,25,32H,6-8,20H2,1H3,(H2,21,26)(H,22,27)(H,23,29)(H,24,28)(H,30,31). The molecule has 9 N–H and O–H groups in total. The van der Waals surface area contributed by atoms with Crippen molar-refractivity contribution in [3.05, 3.63) is 29.8 Å². The Morgan fingerprint density at radius 3 is 1.91 bits per heavy atom. The fourth-order valence-corrected chi connectivity index (χ4v) is 2.78. The van der Waals surface area contributed by atoms with E-state index in [4.69, 9.17) is 16.6 Å². The second-order valence-corrected chi connectivity index (χ2v) is 7.40. The van der Waals surface area contributed by atoms with Crippen LogP contribution in [0.1, 0.15) is 18.9 Å². The molecule has 1 rings (SSSR count). The van der Waals surface area contributed by atoms with Gasteiger partial charge in [-0.05, 0) is 24.6 Å². The molecule has 4 unspecified atom stereocenters. The van der Waals surface area contributed by atoms with E-state index in [2.05, 4.69) is 28.6 Å². The van der Waals surface area contributed by atoms with Crippen LogP contribution in [0.4, 0.5) is 0 Å². The van der Waals surface area contributed by atoms with Gasteiger partial charge < -0.3 is 37.6 Å². The number of thiol groups is 1. The quantitative estimate of drug-likeness (QED) is 0.154. The number of hydrogen-bond acceptors (Lipinski definition) is 8. The summed E-state index contributed by atoms with van der Waals surface area (Å²) in [6, 6.07) is 1.04. The van der Waals surface area contributed by atoms with Crippen molar-refractivity contribution in [2.24, 2.45) is 11.5 Å². The van der Waals surface area contributed by atoms with Crippen molar-refractivity contribution in [3.8, 4) is 5.75 Å². The molecule has 0 aliphatic heterocycles. The number of primary amides is 1. The first kappa shape index (κ1) is 26.7. The molecule has 176 valence electrons. The molecule has 0 bridgehead atoms. The molecule has 1 aromatic carbocycles. The third kappa shape index (κ3) is 8.81. The summed E-state index contributed by atoms with van der Waals surface area (Å²) in [4.78, 5) is 59.5. The molecule has 32 heavy (non-hydrogen) atoms. The molecule has 0 saturated carbocycles. The molecule has 0 radical (unpaired) electrons. The lowest BCUT2D eigenvalue weighted by Gasteiger charge is -2.24. The SMILES string of the molecule is CC(N)C(=O)NC(Cc1ccc(O)cc1)C(=O)NC(CS)C(=O)NC(CC(N)=O)C(=O)O. The summed E-state index contributed by atoms with van der Waals surface area (Å²) in [5, 5.41) is 25.5. The summed E-state index contributed by atoms with van der Waals surface area (Å²) >= 11 is 4.01. The number of nitrogens with one attached hydrogen (secondary N) is 3. The van der Waals surface area contributed by atoms with E-state index in [0.29, 0.717) is 5.56 Å². The third-order valence-corrected chi connectivity index (χ3v) is 4.62. The zero-order chi connectivity index (χ0) is 24.4. The van der Waals surface area contributed by atoms with Gasteiger partial charge in [0.05, 0.1) is 12.5 Å². The van der Waals surface area contributed by atoms with Crippen LogP contribution in [0.5, 0.6) is 5.75 Å². The zero-order valence-electron chi connectivity index (χ0n) is 17.3. The van der Waals surface area contributed by atoms with Crippen LogP contribution >= 0.6 is 12.6 Å². The predicted molar refractivity (Wildman–Crippen MR) is 117 cm³/mol. The molecule has 0 saturated heterocycles. The number of hydrogen-bond donors (Lipinski definition) is 8. The monoisotopic (exact) mass is 469 g/mol. The Morgan fingerprint density at radius 1 is 0.938 bits per heavy atom. The highest BCUT2D eigenvalue weighted by Gasteiger charge is 2.30. The molecule has 0 spiro atoms. The lowest BCUT2D eigenvalue weighted by Crippen LogP contribution is -2.58. The van der Waals surface area contributed by atoms with Gasteiger partial charge in [-0.3, -0.25) is 19.2 Å². The van der Waals surface area contributed by atoms with Crippen LogP contribution in [-0.4, -0.2) is 69.7 Å². The van der Waals surface area contributed by atoms with Crippen LogP contribution in [0.15, 0.2) is 24.3 Å². The van der Waals surface area contributed by atoms with Gasteiger partial charge in [-0.1, -0.05) is 12.1 Å². The van der Waals surface area contributed by atoms with E-state index >= 15 is 0 Å². The number of benzene rings is 1. The highest BCUT2D eigenvalue weighted by molar-refractivity contribution is 7.80. The number of aliphatic carboxylic acids is 1. The summed E-state index contributed by atoms with van der Waals surface area (Å²) in [5.74, 6) is -4.85. The lowest BCUT2D eigenvalue weighted by atomic mass is 10.0. The molecule has 1 aromatic rings. The van der Waals surface area contributed by atoms with Crippen molar-refractivity contribution in [1.29, 1.82) is 0 Å². The third-order valence-electron chi connectivity index (χ3n) is 4.26. The Kier molecular flexibility index (Phi) is 10.4. The normalized spacial score (nSPS) is 14.3. The minimum atomic E-state index is -1.58. The van der Waals surface area contributed by atoms with Gasteiger partial charge in [-0.25, -0.2) is 4.79 Å². The van der Waals surface area contributed by atoms with Crippen LogP contribution in [0, 0.1) is 0 Å². The van der Waals surface area contributed by atoms with Gasteiger partial charge in [0, 0.05) is 12.2 Å². The van der Waals surface area contributed by atoms with Gasteiger partial charge in [-0.2, -0.15) is 12.6 Å². The maximum Gasteiger partial charge on any atom is 0.326 e. The molecule has 0 aliphatic rings. The first-order valence-corrected chi connectivity index (χ1v) is 10.1. The van der Waals surface area contributed by atoms with Crippen molar-refractivity contribution in [1.82, 2.24) is 16.0 Å². The van der Waals surface area contributed by atoms with Gasteiger partial charge >= 0.3 is 5.97 Å². The second-order valence-electron chi connectivity index (χ2n) is 7.03. The van der Waals surface area contributed by atoms with Gasteiger partial charge in [0.1, 0.15) is 23.9 Å². The van der Waals surface area contributed by atoms with Gasteiger partial charge in [-0.15, -0.1) is 0 Å². The minimum Gasteiger partial charge on any atom is -0.508 e. The summed E-state index contributed by atoms with van der Waals surface area (Å²) in [7, 11) is 0. The van der Waals surface area contributed by atoms with Crippen LogP contribution in [0.25, 0.3) is 0 Å². The van der Waals surface area contributed by atoms with Crippen LogP contribution < -0.4 is 27.4 Å². The number of amides is 4. The molecule has 12 nitrogen and oxygen atoms in total. The average Bonchev–Trinajstić information content (AvgIpc) is 2.71. The van der Waals surface area contributed by atoms with E-state index in [9.17, 15) is 29.1 Å². The highest BCUT2D eigenvalue weighted by atomic mass is 32.1. The summed E-state index contributed by atoms with van der Waals surface area (Å²) in [5.41, 5.74) is 11.1. The van der Waals surface area contributed by atoms with E-state index in [0.717, 1.165) is 0 Å². The van der Waals surface area contributed by atoms with Crippen LogP contribution in [0.2, 0.25) is 0 Å². The van der Waals surface area contributed by atoms with Gasteiger partial charge in [0.2, 0.25) is 23.6 Å². The number of phenolic OH excluding ortho intramolecular Hbond substituents is 1. The smallest absolute Gasteiger partial charge is 0.326 e. The summed E-state index contributed by atoms with van der Waals surface area (Å²) in [6.45, 7) is 1.43. The van der Waals surface area contributed by atoms with Crippen molar-refractivity contribution >= 4 is 42.2 Å². The molecule has 0 aromatic heterocycles. The van der Waals surface area contributed by atoms with Crippen molar-refractivity contribution in [2.75, 3.05) is 5.75 Å². The highest BCUT2D eigenvalue weighted by Crippen LogP contribution is 2.12. The Morgan fingerprint density at radius 2 is 1.44 bits per heavy atom. The number of carboxylic acids is 1. The molecule has 0 aliphatic carbocycles. The largest absolute Gasteiger partial charge is 0.508 e. The first-order valence-electron chi connectivity index (χ1n) is 9.51. The Hall–Kier alpha value is -3.32. The lowest BCUT2D eigenvalue weighted by molar-refractivity contribution is -0.143. The molecule has 0 fully saturated rings. The van der Waals surface area contributed by atoms with E-state index in [-0.39, 0.29) is 17.9 Å². The number of aromatic hydroxyl groups is 1. The fourth-order valence-electron chi connectivity index (χ4n) is 2.52. The van der Waals surface area contributed by atoms with Gasteiger partial charge in [0.25, 0.3) is 0 Å². The topological polar surface area (TPSA) is 214 Å². The number of carbonyl (C=O) groups excluding carboxylic acids is 4. The Balaban J connectivity index is 2.96. The van der Waals surface area contributed by atoms with E-state index < -0.39 is 60.2 Å². The number of nitrogens with two attached hydrogens (primary N) is 2. The van der Waals surface area contributed by atoms with Crippen molar-refractivity contribution < 1.29 is 34.2 Å². The van der Waals surface area contributed by atoms with E-state index in [1.165, 1.54) is 19.1 Å². The number of rotatable bonds is 12. The fraction of sp³-hybridized carbons (Fsp3) is 0.421. The van der Waals surface area contributed by atoms with E-state index in [1.807, 2.05) is 0 Å². The van der Waals surface area contributed by atoms with Crippen LogP contribution in [-0.2, 0) is 30.4 Å². The Labute approximate surface area is 189 Å². The summed E-state index contributed by atoms with van der Waals surface area (Å²) in [6.07, 6.45) is -0.618. The molecule has 0 heterocycles. The number of phenols is 1. The Bertz CT molecular complexity index is 847. The maximum atomic E-state index is 12.8. The minimum absolute atomic E-state index is 0.0186. The average molecular weight is 470 g/mol. The molecule has 4 amide bonds. The predicted octanol–water partition coefficient (Wildman–Crippen LogP) is -2.37.